The average Bonchev–Trinajstić information content (AvgIpc) is 2.40. The molecule has 100 valence electrons. The molecule has 0 saturated heterocycles. The summed E-state index contributed by atoms with van der Waals surface area (Å²) < 4.78 is 4.83. The van der Waals surface area contributed by atoms with Gasteiger partial charge >= 0.3 is 5.97 Å². The molecular weight excluding hydrogens is 250 g/mol. The summed E-state index contributed by atoms with van der Waals surface area (Å²) in [5, 5.41) is 0. The zero-order chi connectivity index (χ0) is 14.0. The first-order valence-electron chi connectivity index (χ1n) is 5.60. The van der Waals surface area contributed by atoms with Gasteiger partial charge in [0.2, 0.25) is 0 Å². The number of esters is 1. The number of ether oxygens (including phenoxy) is 1. The Kier molecular flexibility index (Phi) is 8.97. The number of halogens is 1. The Morgan fingerprint density at radius 3 is 2.33 bits per heavy atom. The van der Waals surface area contributed by atoms with Gasteiger partial charge in [0, 0.05) is 12.0 Å². The molecule has 0 aromatic heterocycles. The van der Waals surface area contributed by atoms with Crippen molar-refractivity contribution in [2.75, 3.05) is 14.1 Å². The van der Waals surface area contributed by atoms with E-state index in [1.54, 1.807) is 11.8 Å². The third kappa shape index (κ3) is 7.87. The number of hydrogen-bond acceptors (Lipinski definition) is 3. The van der Waals surface area contributed by atoms with E-state index in [2.05, 4.69) is 6.58 Å². The molecule has 0 bridgehead atoms. The quantitative estimate of drug-likeness (QED) is 0.364. The third-order valence-electron chi connectivity index (χ3n) is 2.18. The van der Waals surface area contributed by atoms with Crippen LogP contribution in [0, 0.1) is 0 Å². The van der Waals surface area contributed by atoms with Crippen LogP contribution in [0.1, 0.15) is 12.5 Å². The molecule has 0 aliphatic rings. The van der Waals surface area contributed by atoms with E-state index >= 15 is 0 Å². The van der Waals surface area contributed by atoms with Gasteiger partial charge in [-0.2, -0.15) is 0 Å². The van der Waals surface area contributed by atoms with Gasteiger partial charge in [0.15, 0.2) is 6.23 Å². The molecule has 4 heteroatoms. The van der Waals surface area contributed by atoms with E-state index in [0.29, 0.717) is 5.88 Å². The molecule has 0 fully saturated rings. The Morgan fingerprint density at radius 2 is 2.00 bits per heavy atom. The number of rotatable bonds is 4. The van der Waals surface area contributed by atoms with Crippen molar-refractivity contribution in [2.24, 2.45) is 0 Å². The number of hydrogen-bond donors (Lipinski definition) is 0. The number of carbonyl (C=O) groups excluding carboxylic acids is 1. The van der Waals surface area contributed by atoms with Crippen molar-refractivity contribution in [2.45, 2.75) is 19.0 Å². The van der Waals surface area contributed by atoms with Gasteiger partial charge in [-0.3, -0.25) is 4.90 Å². The lowest BCUT2D eigenvalue weighted by Gasteiger charge is -2.18. The van der Waals surface area contributed by atoms with Crippen LogP contribution >= 0.6 is 11.6 Å². The Labute approximate surface area is 114 Å². The van der Waals surface area contributed by atoms with E-state index in [9.17, 15) is 4.79 Å². The number of alkyl halides is 1. The minimum atomic E-state index is -0.388. The van der Waals surface area contributed by atoms with Gasteiger partial charge in [0.1, 0.15) is 0 Å². The van der Waals surface area contributed by atoms with Crippen LogP contribution in [0.5, 0.6) is 0 Å². The van der Waals surface area contributed by atoms with Crippen molar-refractivity contribution in [1.29, 1.82) is 0 Å². The molecule has 0 amide bonds. The van der Waals surface area contributed by atoms with Gasteiger partial charge in [-0.15, -0.1) is 11.6 Å². The second-order valence-electron chi connectivity index (χ2n) is 3.82. The van der Waals surface area contributed by atoms with Crippen LogP contribution < -0.4 is 0 Å². The van der Waals surface area contributed by atoms with E-state index in [0.717, 1.165) is 6.08 Å². The molecule has 18 heavy (non-hydrogen) atoms. The molecule has 0 radical (unpaired) electrons. The van der Waals surface area contributed by atoms with Crippen LogP contribution in [0.4, 0.5) is 0 Å². The summed E-state index contributed by atoms with van der Waals surface area (Å²) >= 11 is 5.53. The molecular formula is C14H20ClNO2. The van der Waals surface area contributed by atoms with Crippen LogP contribution in [0.3, 0.4) is 0 Å². The van der Waals surface area contributed by atoms with Gasteiger partial charge in [-0.05, 0) is 26.6 Å². The molecule has 0 aliphatic heterocycles. The number of carbonyl (C=O) groups is 1. The molecule has 1 aromatic carbocycles. The van der Waals surface area contributed by atoms with Crippen molar-refractivity contribution in [1.82, 2.24) is 4.90 Å². The lowest BCUT2D eigenvalue weighted by atomic mass is 10.2. The lowest BCUT2D eigenvalue weighted by molar-refractivity contribution is -0.149. The fraction of sp³-hybridized carbons (Fsp3) is 0.357. The highest BCUT2D eigenvalue weighted by atomic mass is 35.5. The van der Waals surface area contributed by atoms with Gasteiger partial charge in [0.25, 0.3) is 0 Å². The predicted molar refractivity (Wildman–Crippen MR) is 75.4 cm³/mol. The molecule has 1 atom stereocenters. The van der Waals surface area contributed by atoms with E-state index in [4.69, 9.17) is 16.3 Å². The second kappa shape index (κ2) is 9.68. The summed E-state index contributed by atoms with van der Waals surface area (Å²) in [4.78, 5) is 12.4. The molecule has 1 aromatic rings. The Bertz CT molecular complexity index is 352. The van der Waals surface area contributed by atoms with Crippen molar-refractivity contribution in [3.63, 3.8) is 0 Å². The van der Waals surface area contributed by atoms with Crippen LogP contribution in [0.15, 0.2) is 43.0 Å². The summed E-state index contributed by atoms with van der Waals surface area (Å²) in [5.41, 5.74) is 1.18. The first kappa shape index (κ1) is 16.7. The third-order valence-corrected chi connectivity index (χ3v) is 2.49. The fourth-order valence-electron chi connectivity index (χ4n) is 0.889. The minimum Gasteiger partial charge on any atom is -0.444 e. The van der Waals surface area contributed by atoms with Crippen LogP contribution in [-0.4, -0.2) is 31.2 Å². The molecule has 0 heterocycles. The van der Waals surface area contributed by atoms with Crippen molar-refractivity contribution < 1.29 is 9.53 Å². The van der Waals surface area contributed by atoms with Crippen molar-refractivity contribution in [3.8, 4) is 0 Å². The largest absolute Gasteiger partial charge is 0.444 e. The van der Waals surface area contributed by atoms with Crippen LogP contribution in [-0.2, 0) is 15.4 Å². The number of nitrogens with zero attached hydrogens (tertiary/aromatic N) is 1. The molecule has 0 saturated carbocycles. The van der Waals surface area contributed by atoms with Crippen molar-refractivity contribution in [3.05, 3.63) is 48.6 Å². The molecule has 0 spiro atoms. The normalized spacial score (nSPS) is 11.2. The van der Waals surface area contributed by atoms with Crippen LogP contribution in [0.2, 0.25) is 0 Å². The van der Waals surface area contributed by atoms with Crippen LogP contribution in [0.25, 0.3) is 0 Å². The average molecular weight is 270 g/mol. The summed E-state index contributed by atoms with van der Waals surface area (Å²) in [6, 6.07) is 9.96. The second-order valence-corrected chi connectivity index (χ2v) is 4.09. The highest BCUT2D eigenvalue weighted by Gasteiger charge is 2.06. The topological polar surface area (TPSA) is 29.5 Å². The Morgan fingerprint density at radius 1 is 1.44 bits per heavy atom. The van der Waals surface area contributed by atoms with Gasteiger partial charge in [-0.1, -0.05) is 36.9 Å². The maximum Gasteiger partial charge on any atom is 0.331 e. The molecule has 0 N–H and O–H groups in total. The van der Waals surface area contributed by atoms with Gasteiger partial charge < -0.3 is 4.74 Å². The van der Waals surface area contributed by atoms with Gasteiger partial charge in [0.05, 0.1) is 0 Å². The lowest BCUT2D eigenvalue weighted by Crippen LogP contribution is -2.29. The van der Waals surface area contributed by atoms with Gasteiger partial charge in [-0.25, -0.2) is 4.79 Å². The summed E-state index contributed by atoms with van der Waals surface area (Å²) in [6.07, 6.45) is 0.963. The zero-order valence-corrected chi connectivity index (χ0v) is 11.9. The summed E-state index contributed by atoms with van der Waals surface area (Å²) in [5.74, 6) is 0.224. The van der Waals surface area contributed by atoms with E-state index < -0.39 is 0 Å². The van der Waals surface area contributed by atoms with E-state index in [1.165, 1.54) is 5.56 Å². The first-order valence-corrected chi connectivity index (χ1v) is 6.14. The maximum absolute atomic E-state index is 10.6. The first-order chi connectivity index (χ1) is 8.51. The maximum atomic E-state index is 10.6. The Hall–Kier alpha value is -1.32. The minimum absolute atomic E-state index is 0.189. The summed E-state index contributed by atoms with van der Waals surface area (Å²) in [6.45, 7) is 5.07. The Balaban J connectivity index is 0.000000327. The summed E-state index contributed by atoms with van der Waals surface area (Å²) in [7, 11) is 3.67. The highest BCUT2D eigenvalue weighted by Crippen LogP contribution is 2.00. The van der Waals surface area contributed by atoms with E-state index in [1.807, 2.05) is 44.4 Å². The molecule has 3 nitrogen and oxygen atoms in total. The SMILES string of the molecule is C=CC(=O)OC(C)N(C)C.ClCc1ccccc1. The molecule has 1 unspecified atom stereocenters. The monoisotopic (exact) mass is 269 g/mol. The molecule has 0 aliphatic carbocycles. The zero-order valence-electron chi connectivity index (χ0n) is 11.1. The highest BCUT2D eigenvalue weighted by molar-refractivity contribution is 6.17. The van der Waals surface area contributed by atoms with E-state index in [-0.39, 0.29) is 12.2 Å². The van der Waals surface area contributed by atoms with Crippen molar-refractivity contribution >= 4 is 17.6 Å². The standard InChI is InChI=1S/C7H7Cl.C7H13NO2/c8-6-7-4-2-1-3-5-7;1-5-7(9)10-6(2)8(3)4/h1-5H,6H2;5-6H,1H2,2-4H3. The predicted octanol–water partition coefficient (Wildman–Crippen LogP) is 3.05. The molecule has 1 rings (SSSR count). The fourth-order valence-corrected chi connectivity index (χ4v) is 1.07. The number of benzene rings is 1. The smallest absolute Gasteiger partial charge is 0.331 e.